The molecule has 23 heavy (non-hydrogen) atoms. The van der Waals surface area contributed by atoms with Crippen LogP contribution in [0.3, 0.4) is 0 Å². The number of hydrogen-bond acceptors (Lipinski definition) is 3. The van der Waals surface area contributed by atoms with Crippen LogP contribution in [0.25, 0.3) is 10.4 Å². The van der Waals surface area contributed by atoms with Gasteiger partial charge >= 0.3 is 0 Å². The Kier molecular flexibility index (Phi) is 15.6. The lowest BCUT2D eigenvalue weighted by Crippen LogP contribution is -2.25. The van der Waals surface area contributed by atoms with Crippen LogP contribution in [0.2, 0.25) is 0 Å². The van der Waals surface area contributed by atoms with Crippen molar-refractivity contribution in [2.24, 2.45) is 5.11 Å². The van der Waals surface area contributed by atoms with E-state index in [1.54, 1.807) is 6.92 Å². The number of unbranched alkanes of at least 4 members (excludes halogenated alkanes) is 10. The normalized spacial score (nSPS) is 15.0. The van der Waals surface area contributed by atoms with Gasteiger partial charge in [0.05, 0.1) is 18.2 Å². The molecule has 0 saturated heterocycles. The van der Waals surface area contributed by atoms with Crippen molar-refractivity contribution in [2.45, 2.75) is 116 Å². The third-order valence-electron chi connectivity index (χ3n) is 4.41. The standard InChI is InChI=1S/C18H37N3O2/c1-3-4-5-6-7-8-9-10-11-12-13-14-17(23)15-18(16(2)22)20-21-19/h16-18,22-23H,3-15H2,1-2H3/t16-,17-,18-/m1/s1. The van der Waals surface area contributed by atoms with Crippen LogP contribution in [-0.2, 0) is 0 Å². The Hall–Kier alpha value is -0.770. The van der Waals surface area contributed by atoms with Crippen LogP contribution < -0.4 is 0 Å². The maximum absolute atomic E-state index is 9.94. The van der Waals surface area contributed by atoms with Crippen LogP contribution in [0.1, 0.15) is 97.3 Å². The Morgan fingerprint density at radius 2 is 1.35 bits per heavy atom. The van der Waals surface area contributed by atoms with Crippen molar-refractivity contribution in [3.05, 3.63) is 10.4 Å². The van der Waals surface area contributed by atoms with E-state index in [0.717, 1.165) is 19.3 Å². The van der Waals surface area contributed by atoms with Gasteiger partial charge in [0.25, 0.3) is 0 Å². The van der Waals surface area contributed by atoms with Crippen LogP contribution in [0, 0.1) is 0 Å². The molecular weight excluding hydrogens is 290 g/mol. The summed E-state index contributed by atoms with van der Waals surface area (Å²) in [7, 11) is 0. The summed E-state index contributed by atoms with van der Waals surface area (Å²) in [6, 6.07) is -0.525. The van der Waals surface area contributed by atoms with E-state index in [0.29, 0.717) is 6.42 Å². The molecule has 0 unspecified atom stereocenters. The lowest BCUT2D eigenvalue weighted by atomic mass is 10.00. The molecule has 0 bridgehead atoms. The molecule has 0 aliphatic heterocycles. The highest BCUT2D eigenvalue weighted by Gasteiger charge is 2.17. The van der Waals surface area contributed by atoms with E-state index in [1.807, 2.05) is 0 Å². The summed E-state index contributed by atoms with van der Waals surface area (Å²) in [5.41, 5.74) is 8.44. The Labute approximate surface area is 142 Å². The number of aliphatic hydroxyl groups excluding tert-OH is 2. The average molecular weight is 328 g/mol. The SMILES string of the molecule is CCCCCCCCCCCCC[C@@H](O)C[C@@H](N=[N+]=[N-])[C@@H](C)O. The predicted octanol–water partition coefficient (Wildman–Crippen LogP) is 5.50. The Morgan fingerprint density at radius 3 is 1.78 bits per heavy atom. The smallest absolute Gasteiger partial charge is 0.0655 e. The second kappa shape index (κ2) is 16.1. The minimum absolute atomic E-state index is 0.347. The second-order valence-electron chi connectivity index (χ2n) is 6.73. The molecule has 0 aromatic heterocycles. The minimum atomic E-state index is -0.710. The van der Waals surface area contributed by atoms with Crippen molar-refractivity contribution in [1.29, 1.82) is 0 Å². The van der Waals surface area contributed by atoms with Crippen molar-refractivity contribution in [3.63, 3.8) is 0 Å². The number of aliphatic hydroxyl groups is 2. The molecule has 0 heterocycles. The second-order valence-corrected chi connectivity index (χ2v) is 6.73. The first-order chi connectivity index (χ1) is 11.1. The zero-order chi connectivity index (χ0) is 17.3. The van der Waals surface area contributed by atoms with E-state index in [2.05, 4.69) is 16.9 Å². The summed E-state index contributed by atoms with van der Waals surface area (Å²) in [6.07, 6.45) is 14.1. The van der Waals surface area contributed by atoms with Crippen molar-refractivity contribution in [1.82, 2.24) is 0 Å². The van der Waals surface area contributed by atoms with E-state index < -0.39 is 18.2 Å². The van der Waals surface area contributed by atoms with Crippen molar-refractivity contribution >= 4 is 0 Å². The number of hydrogen-bond donors (Lipinski definition) is 2. The van der Waals surface area contributed by atoms with Gasteiger partial charge in [-0.3, -0.25) is 0 Å². The molecule has 0 spiro atoms. The van der Waals surface area contributed by atoms with Gasteiger partial charge in [-0.25, -0.2) is 0 Å². The van der Waals surface area contributed by atoms with Crippen molar-refractivity contribution in [3.8, 4) is 0 Å². The van der Waals surface area contributed by atoms with E-state index in [-0.39, 0.29) is 0 Å². The molecule has 0 aliphatic rings. The van der Waals surface area contributed by atoms with Gasteiger partial charge in [-0.15, -0.1) is 0 Å². The van der Waals surface area contributed by atoms with Crippen LogP contribution in [0.4, 0.5) is 0 Å². The van der Waals surface area contributed by atoms with Gasteiger partial charge in [0, 0.05) is 4.91 Å². The summed E-state index contributed by atoms with van der Waals surface area (Å²) in [6.45, 7) is 3.84. The van der Waals surface area contributed by atoms with E-state index in [1.165, 1.54) is 57.8 Å². The fourth-order valence-corrected chi connectivity index (χ4v) is 2.85. The van der Waals surface area contributed by atoms with Crippen LogP contribution in [0.5, 0.6) is 0 Å². The average Bonchev–Trinajstić information content (AvgIpc) is 2.52. The van der Waals surface area contributed by atoms with Crippen LogP contribution in [0.15, 0.2) is 5.11 Å². The summed E-state index contributed by atoms with van der Waals surface area (Å²) in [5.74, 6) is 0. The summed E-state index contributed by atoms with van der Waals surface area (Å²) in [5, 5.41) is 23.0. The van der Waals surface area contributed by atoms with E-state index in [9.17, 15) is 10.2 Å². The van der Waals surface area contributed by atoms with E-state index in [4.69, 9.17) is 5.53 Å². The molecule has 0 aromatic carbocycles. The molecule has 2 N–H and O–H groups in total. The fraction of sp³-hybridized carbons (Fsp3) is 1.00. The Morgan fingerprint density at radius 1 is 0.870 bits per heavy atom. The maximum atomic E-state index is 9.94. The highest BCUT2D eigenvalue weighted by molar-refractivity contribution is 4.76. The number of nitrogens with zero attached hydrogens (tertiary/aromatic N) is 3. The first-order valence-corrected chi connectivity index (χ1v) is 9.52. The lowest BCUT2D eigenvalue weighted by Gasteiger charge is -2.18. The zero-order valence-electron chi connectivity index (χ0n) is 15.2. The van der Waals surface area contributed by atoms with Gasteiger partial charge < -0.3 is 10.2 Å². The van der Waals surface area contributed by atoms with Gasteiger partial charge in [0.15, 0.2) is 0 Å². The highest BCUT2D eigenvalue weighted by atomic mass is 16.3. The predicted molar refractivity (Wildman–Crippen MR) is 96.3 cm³/mol. The topological polar surface area (TPSA) is 89.2 Å². The Bertz CT molecular complexity index is 305. The molecule has 5 nitrogen and oxygen atoms in total. The Balaban J connectivity index is 3.45. The summed E-state index contributed by atoms with van der Waals surface area (Å²) >= 11 is 0. The van der Waals surface area contributed by atoms with Gasteiger partial charge in [-0.2, -0.15) is 0 Å². The van der Waals surface area contributed by atoms with Gasteiger partial charge in [0.2, 0.25) is 0 Å². The fourth-order valence-electron chi connectivity index (χ4n) is 2.85. The highest BCUT2D eigenvalue weighted by Crippen LogP contribution is 2.15. The molecule has 3 atom stereocenters. The third-order valence-corrected chi connectivity index (χ3v) is 4.41. The molecule has 0 fully saturated rings. The molecule has 0 amide bonds. The molecule has 0 saturated carbocycles. The van der Waals surface area contributed by atoms with Crippen LogP contribution >= 0.6 is 0 Å². The largest absolute Gasteiger partial charge is 0.393 e. The van der Waals surface area contributed by atoms with Gasteiger partial charge in [0.1, 0.15) is 0 Å². The van der Waals surface area contributed by atoms with Crippen molar-refractivity contribution < 1.29 is 10.2 Å². The monoisotopic (exact) mass is 327 g/mol. The summed E-state index contributed by atoms with van der Waals surface area (Å²) in [4.78, 5) is 2.73. The van der Waals surface area contributed by atoms with Crippen molar-refractivity contribution in [2.75, 3.05) is 0 Å². The number of rotatable bonds is 16. The maximum Gasteiger partial charge on any atom is 0.0655 e. The molecule has 0 rings (SSSR count). The zero-order valence-corrected chi connectivity index (χ0v) is 15.2. The molecule has 0 aromatic rings. The van der Waals surface area contributed by atoms with Gasteiger partial charge in [-0.1, -0.05) is 82.7 Å². The quantitative estimate of drug-likeness (QED) is 0.170. The van der Waals surface area contributed by atoms with Gasteiger partial charge in [-0.05, 0) is 25.3 Å². The summed E-state index contributed by atoms with van der Waals surface area (Å²) < 4.78 is 0. The lowest BCUT2D eigenvalue weighted by molar-refractivity contribution is 0.0985. The minimum Gasteiger partial charge on any atom is -0.393 e. The van der Waals surface area contributed by atoms with E-state index >= 15 is 0 Å². The molecule has 5 heteroatoms. The first kappa shape index (κ1) is 22.2. The molecule has 136 valence electrons. The molecule has 0 aliphatic carbocycles. The third kappa shape index (κ3) is 14.5. The molecular formula is C18H37N3O2. The molecule has 0 radical (unpaired) electrons. The first-order valence-electron chi connectivity index (χ1n) is 9.52. The number of azide groups is 1. The van der Waals surface area contributed by atoms with Crippen LogP contribution in [-0.4, -0.2) is 28.5 Å².